The minimum Gasteiger partial charge on any atom is -0.329 e. The number of rotatable bonds is 7. The number of benzene rings is 3. The molecule has 0 aliphatic carbocycles. The molecule has 1 N–H and O–H groups in total. The molecule has 0 bridgehead atoms. The zero-order valence-corrected chi connectivity index (χ0v) is 22.6. The van der Waals surface area contributed by atoms with Crippen LogP contribution in [0.2, 0.25) is 0 Å². The highest BCUT2D eigenvalue weighted by molar-refractivity contribution is 6.08. The number of amides is 2. The van der Waals surface area contributed by atoms with Crippen LogP contribution in [0, 0.1) is 13.8 Å². The lowest BCUT2D eigenvalue weighted by Gasteiger charge is -2.22. The predicted molar refractivity (Wildman–Crippen MR) is 151 cm³/mol. The molecule has 4 aromatic rings. The number of carbonyl (C=O) groups is 2. The van der Waals surface area contributed by atoms with Gasteiger partial charge in [-0.2, -0.15) is 5.10 Å². The molecule has 3 aromatic carbocycles. The van der Waals surface area contributed by atoms with E-state index in [2.05, 4.69) is 46.0 Å². The molecule has 0 atom stereocenters. The van der Waals surface area contributed by atoms with Gasteiger partial charge in [-0.05, 0) is 54.3 Å². The molecule has 1 heterocycles. The Kier molecular flexibility index (Phi) is 7.48. The van der Waals surface area contributed by atoms with Gasteiger partial charge in [0.05, 0.1) is 11.4 Å². The first-order valence-electron chi connectivity index (χ1n) is 12.8. The van der Waals surface area contributed by atoms with Crippen molar-refractivity contribution in [2.45, 2.75) is 53.4 Å². The summed E-state index contributed by atoms with van der Waals surface area (Å²) in [6, 6.07) is 21.5. The number of carbonyl (C=O) groups excluding carboxylic acids is 2. The van der Waals surface area contributed by atoms with E-state index in [1.165, 1.54) is 0 Å². The van der Waals surface area contributed by atoms with Gasteiger partial charge in [-0.3, -0.25) is 9.59 Å². The maximum absolute atomic E-state index is 13.6. The van der Waals surface area contributed by atoms with Gasteiger partial charge >= 0.3 is 0 Å². The lowest BCUT2D eigenvalue weighted by Crippen LogP contribution is -2.38. The Morgan fingerprint density at radius 3 is 2.41 bits per heavy atom. The van der Waals surface area contributed by atoms with Crippen molar-refractivity contribution in [2.75, 3.05) is 18.4 Å². The number of anilines is 1. The average molecular weight is 497 g/mol. The van der Waals surface area contributed by atoms with Crippen LogP contribution in [0.4, 0.5) is 5.82 Å². The minimum atomic E-state index is -0.256. The van der Waals surface area contributed by atoms with Crippen LogP contribution in [0.3, 0.4) is 0 Å². The van der Waals surface area contributed by atoms with Crippen molar-refractivity contribution in [3.8, 4) is 5.69 Å². The number of fused-ring (bicyclic) bond motifs is 1. The Bertz CT molecular complexity index is 1440. The lowest BCUT2D eigenvalue weighted by atomic mass is 9.92. The third-order valence-corrected chi connectivity index (χ3v) is 6.68. The van der Waals surface area contributed by atoms with E-state index in [0.29, 0.717) is 17.9 Å². The molecule has 37 heavy (non-hydrogen) atoms. The third-order valence-electron chi connectivity index (χ3n) is 6.68. The maximum Gasteiger partial charge on any atom is 0.254 e. The standard InChI is InChI=1S/C31H36N4O2/c1-7-18-34(30(37)25-16-11-14-23-13-8-9-15-24(23)25)20-29(36)32-28-19-27(31(4,5)6)33-35(28)26-17-10-12-21(2)22(26)3/h8-17,19H,7,18,20H2,1-6H3,(H,32,36). The van der Waals surface area contributed by atoms with Crippen molar-refractivity contribution in [3.63, 3.8) is 0 Å². The van der Waals surface area contributed by atoms with Gasteiger partial charge in [-0.25, -0.2) is 4.68 Å². The summed E-state index contributed by atoms with van der Waals surface area (Å²) in [6.07, 6.45) is 0.748. The van der Waals surface area contributed by atoms with E-state index in [4.69, 9.17) is 5.10 Å². The minimum absolute atomic E-state index is 0.0429. The van der Waals surface area contributed by atoms with Crippen LogP contribution in [-0.4, -0.2) is 39.6 Å². The maximum atomic E-state index is 13.6. The van der Waals surface area contributed by atoms with Crippen LogP contribution < -0.4 is 5.32 Å². The Morgan fingerprint density at radius 1 is 0.973 bits per heavy atom. The summed E-state index contributed by atoms with van der Waals surface area (Å²) in [6.45, 7) is 12.9. The van der Waals surface area contributed by atoms with Crippen molar-refractivity contribution in [3.05, 3.63) is 89.1 Å². The molecule has 2 amide bonds. The molecule has 0 saturated carbocycles. The lowest BCUT2D eigenvalue weighted by molar-refractivity contribution is -0.116. The molecule has 192 valence electrons. The molecule has 0 spiro atoms. The van der Waals surface area contributed by atoms with Crippen LogP contribution in [0.15, 0.2) is 66.7 Å². The largest absolute Gasteiger partial charge is 0.329 e. The van der Waals surface area contributed by atoms with E-state index in [1.54, 1.807) is 9.58 Å². The molecule has 0 aliphatic rings. The summed E-state index contributed by atoms with van der Waals surface area (Å²) >= 11 is 0. The Hall–Kier alpha value is -3.93. The van der Waals surface area contributed by atoms with Crippen molar-refractivity contribution in [2.24, 2.45) is 0 Å². The summed E-state index contributed by atoms with van der Waals surface area (Å²) in [7, 11) is 0. The number of nitrogens with one attached hydrogen (secondary N) is 1. The van der Waals surface area contributed by atoms with Gasteiger partial charge in [-0.1, -0.05) is 76.2 Å². The first-order valence-corrected chi connectivity index (χ1v) is 12.8. The first-order chi connectivity index (χ1) is 17.6. The highest BCUT2D eigenvalue weighted by Crippen LogP contribution is 2.28. The molecule has 0 fully saturated rings. The number of nitrogens with zero attached hydrogens (tertiary/aromatic N) is 3. The van der Waals surface area contributed by atoms with Gasteiger partial charge in [0.15, 0.2) is 0 Å². The van der Waals surface area contributed by atoms with E-state index in [-0.39, 0.29) is 23.8 Å². The fraction of sp³-hybridized carbons (Fsp3) is 0.323. The van der Waals surface area contributed by atoms with E-state index in [0.717, 1.165) is 39.7 Å². The third kappa shape index (κ3) is 5.58. The fourth-order valence-corrected chi connectivity index (χ4v) is 4.45. The smallest absolute Gasteiger partial charge is 0.254 e. The summed E-state index contributed by atoms with van der Waals surface area (Å²) < 4.78 is 1.80. The van der Waals surface area contributed by atoms with Gasteiger partial charge in [-0.15, -0.1) is 0 Å². The zero-order valence-electron chi connectivity index (χ0n) is 22.6. The monoisotopic (exact) mass is 496 g/mol. The number of aryl methyl sites for hydroxylation is 1. The number of aromatic nitrogens is 2. The van der Waals surface area contributed by atoms with Crippen molar-refractivity contribution in [1.82, 2.24) is 14.7 Å². The molecule has 0 unspecified atom stereocenters. The van der Waals surface area contributed by atoms with Crippen LogP contribution in [0.1, 0.15) is 61.3 Å². The van der Waals surface area contributed by atoms with Crippen molar-refractivity contribution >= 4 is 28.4 Å². The highest BCUT2D eigenvalue weighted by atomic mass is 16.2. The molecule has 0 saturated heterocycles. The second kappa shape index (κ2) is 10.6. The highest BCUT2D eigenvalue weighted by Gasteiger charge is 2.24. The molecular formula is C31H36N4O2. The Morgan fingerprint density at radius 2 is 1.68 bits per heavy atom. The number of hydrogen-bond acceptors (Lipinski definition) is 3. The number of hydrogen-bond donors (Lipinski definition) is 1. The van der Waals surface area contributed by atoms with Crippen LogP contribution in [-0.2, 0) is 10.2 Å². The molecule has 0 radical (unpaired) electrons. The second-order valence-electron chi connectivity index (χ2n) is 10.6. The van der Waals surface area contributed by atoms with E-state index in [9.17, 15) is 9.59 Å². The van der Waals surface area contributed by atoms with E-state index < -0.39 is 0 Å². The predicted octanol–water partition coefficient (Wildman–Crippen LogP) is 6.43. The summed E-state index contributed by atoms with van der Waals surface area (Å²) in [5.74, 6) is 0.193. The Balaban J connectivity index is 1.63. The van der Waals surface area contributed by atoms with Gasteiger partial charge in [0.2, 0.25) is 5.91 Å². The normalized spacial score (nSPS) is 11.5. The zero-order chi connectivity index (χ0) is 26.7. The molecular weight excluding hydrogens is 460 g/mol. The summed E-state index contributed by atoms with van der Waals surface area (Å²) in [5, 5.41) is 9.80. The topological polar surface area (TPSA) is 67.2 Å². The van der Waals surface area contributed by atoms with Crippen LogP contribution in [0.5, 0.6) is 0 Å². The van der Waals surface area contributed by atoms with Crippen LogP contribution >= 0.6 is 0 Å². The fourth-order valence-electron chi connectivity index (χ4n) is 4.45. The van der Waals surface area contributed by atoms with E-state index in [1.807, 2.05) is 67.6 Å². The molecule has 6 nitrogen and oxygen atoms in total. The molecule has 4 rings (SSSR count). The van der Waals surface area contributed by atoms with Gasteiger partial charge in [0.25, 0.3) is 5.91 Å². The van der Waals surface area contributed by atoms with Crippen LogP contribution in [0.25, 0.3) is 16.5 Å². The van der Waals surface area contributed by atoms with Gasteiger partial charge < -0.3 is 10.2 Å². The SMILES string of the molecule is CCCN(CC(=O)Nc1cc(C(C)(C)C)nn1-c1cccc(C)c1C)C(=O)c1cccc2ccccc12. The summed E-state index contributed by atoms with van der Waals surface area (Å²) in [5.41, 5.74) is 4.46. The van der Waals surface area contributed by atoms with Gasteiger partial charge in [0, 0.05) is 23.6 Å². The summed E-state index contributed by atoms with van der Waals surface area (Å²) in [4.78, 5) is 28.5. The Labute approximate surface area is 219 Å². The molecule has 0 aliphatic heterocycles. The average Bonchev–Trinajstić information content (AvgIpc) is 3.28. The first kappa shape index (κ1) is 26.1. The molecule has 1 aromatic heterocycles. The molecule has 6 heteroatoms. The van der Waals surface area contributed by atoms with Crippen molar-refractivity contribution in [1.29, 1.82) is 0 Å². The second-order valence-corrected chi connectivity index (χ2v) is 10.6. The van der Waals surface area contributed by atoms with Gasteiger partial charge in [0.1, 0.15) is 12.4 Å². The quantitative estimate of drug-likeness (QED) is 0.321. The van der Waals surface area contributed by atoms with E-state index >= 15 is 0 Å². The van der Waals surface area contributed by atoms with Crippen molar-refractivity contribution < 1.29 is 9.59 Å².